The summed E-state index contributed by atoms with van der Waals surface area (Å²) in [5.74, 6) is -0.0467. The van der Waals surface area contributed by atoms with Crippen LogP contribution in [0, 0.1) is 12.7 Å². The summed E-state index contributed by atoms with van der Waals surface area (Å²) in [5, 5.41) is 10.1. The molecule has 0 saturated carbocycles. The van der Waals surface area contributed by atoms with Crippen LogP contribution in [0.1, 0.15) is 4.88 Å². The maximum atomic E-state index is 13.9. The number of halogens is 1. The van der Waals surface area contributed by atoms with Crippen LogP contribution in [-0.2, 0) is 0 Å². The number of aromatic nitrogens is 1. The Morgan fingerprint density at radius 3 is 2.45 bits per heavy atom. The molecule has 0 aliphatic rings. The molecule has 0 unspecified atom stereocenters. The van der Waals surface area contributed by atoms with Crippen molar-refractivity contribution in [3.05, 3.63) is 59.2 Å². The molecule has 3 rings (SSSR count). The van der Waals surface area contributed by atoms with E-state index in [-0.39, 0.29) is 11.6 Å². The number of hydrogen-bond acceptors (Lipinski definition) is 3. The zero-order valence-electron chi connectivity index (χ0n) is 10.8. The summed E-state index contributed by atoms with van der Waals surface area (Å²) in [4.78, 5) is 5.51. The standard InChI is InChI=1S/C16H12FNOS/c1-10-15(13-4-2-3-5-14(13)17)18-16(20-10)11-6-8-12(19)9-7-11/h2-9,19H,1H3. The van der Waals surface area contributed by atoms with Crippen molar-refractivity contribution in [2.45, 2.75) is 6.92 Å². The van der Waals surface area contributed by atoms with Crippen molar-refractivity contribution in [2.75, 3.05) is 0 Å². The first-order valence-electron chi connectivity index (χ1n) is 6.17. The summed E-state index contributed by atoms with van der Waals surface area (Å²) in [6.45, 7) is 1.93. The second-order valence-electron chi connectivity index (χ2n) is 4.45. The third-order valence-electron chi connectivity index (χ3n) is 3.04. The topological polar surface area (TPSA) is 33.1 Å². The predicted molar refractivity (Wildman–Crippen MR) is 79.3 cm³/mol. The number of benzene rings is 2. The van der Waals surface area contributed by atoms with Crippen LogP contribution in [0.25, 0.3) is 21.8 Å². The molecule has 0 bridgehead atoms. The van der Waals surface area contributed by atoms with Crippen LogP contribution in [0.2, 0.25) is 0 Å². The van der Waals surface area contributed by atoms with Gasteiger partial charge in [0.05, 0.1) is 5.69 Å². The van der Waals surface area contributed by atoms with Gasteiger partial charge in [-0.1, -0.05) is 12.1 Å². The highest BCUT2D eigenvalue weighted by atomic mass is 32.1. The van der Waals surface area contributed by atoms with Gasteiger partial charge >= 0.3 is 0 Å². The van der Waals surface area contributed by atoms with Gasteiger partial charge in [-0.05, 0) is 43.3 Å². The van der Waals surface area contributed by atoms with Crippen molar-refractivity contribution in [2.24, 2.45) is 0 Å². The van der Waals surface area contributed by atoms with Crippen LogP contribution in [0.15, 0.2) is 48.5 Å². The molecule has 20 heavy (non-hydrogen) atoms. The molecule has 100 valence electrons. The monoisotopic (exact) mass is 285 g/mol. The summed E-state index contributed by atoms with van der Waals surface area (Å²) in [5.41, 5.74) is 2.11. The van der Waals surface area contributed by atoms with Gasteiger partial charge in [0.1, 0.15) is 16.6 Å². The van der Waals surface area contributed by atoms with E-state index in [1.165, 1.54) is 17.4 Å². The Morgan fingerprint density at radius 2 is 1.75 bits per heavy atom. The molecule has 0 atom stereocenters. The summed E-state index contributed by atoms with van der Waals surface area (Å²) in [6.07, 6.45) is 0. The lowest BCUT2D eigenvalue weighted by Gasteiger charge is -2.00. The molecule has 0 radical (unpaired) electrons. The van der Waals surface area contributed by atoms with E-state index in [2.05, 4.69) is 4.98 Å². The molecule has 0 aliphatic carbocycles. The number of phenols is 1. The van der Waals surface area contributed by atoms with Crippen LogP contribution in [0.3, 0.4) is 0 Å². The Morgan fingerprint density at radius 1 is 1.05 bits per heavy atom. The van der Waals surface area contributed by atoms with E-state index < -0.39 is 0 Å². The summed E-state index contributed by atoms with van der Waals surface area (Å²) in [6, 6.07) is 13.5. The third-order valence-corrected chi connectivity index (χ3v) is 4.06. The lowest BCUT2D eigenvalue weighted by Crippen LogP contribution is -1.85. The zero-order valence-corrected chi connectivity index (χ0v) is 11.6. The van der Waals surface area contributed by atoms with Crippen LogP contribution in [0.5, 0.6) is 5.75 Å². The SMILES string of the molecule is Cc1sc(-c2ccc(O)cc2)nc1-c1ccccc1F. The molecule has 1 N–H and O–H groups in total. The Hall–Kier alpha value is -2.20. The maximum absolute atomic E-state index is 13.9. The van der Waals surface area contributed by atoms with E-state index in [9.17, 15) is 9.50 Å². The van der Waals surface area contributed by atoms with Crippen LogP contribution in [0.4, 0.5) is 4.39 Å². The lowest BCUT2D eigenvalue weighted by atomic mass is 10.1. The molecule has 1 heterocycles. The average molecular weight is 285 g/mol. The van der Waals surface area contributed by atoms with Gasteiger partial charge in [0.25, 0.3) is 0 Å². The van der Waals surface area contributed by atoms with Crippen molar-refractivity contribution in [1.82, 2.24) is 4.98 Å². The Bertz CT molecular complexity index is 749. The summed E-state index contributed by atoms with van der Waals surface area (Å²) < 4.78 is 13.9. The van der Waals surface area contributed by atoms with Gasteiger partial charge in [-0.2, -0.15) is 0 Å². The van der Waals surface area contributed by atoms with Crippen LogP contribution in [-0.4, -0.2) is 10.1 Å². The quantitative estimate of drug-likeness (QED) is 0.744. The largest absolute Gasteiger partial charge is 0.508 e. The fourth-order valence-corrected chi connectivity index (χ4v) is 2.96. The van der Waals surface area contributed by atoms with E-state index in [0.717, 1.165) is 15.4 Å². The van der Waals surface area contributed by atoms with Gasteiger partial charge in [0.15, 0.2) is 0 Å². The number of aromatic hydroxyl groups is 1. The minimum atomic E-state index is -0.266. The summed E-state index contributed by atoms with van der Waals surface area (Å²) in [7, 11) is 0. The van der Waals surface area contributed by atoms with Gasteiger partial charge < -0.3 is 5.11 Å². The Kier molecular flexibility index (Phi) is 3.24. The Balaban J connectivity index is 2.08. The third kappa shape index (κ3) is 2.30. The van der Waals surface area contributed by atoms with Gasteiger partial charge in [-0.25, -0.2) is 9.37 Å². The van der Waals surface area contributed by atoms with Crippen molar-refractivity contribution in [3.63, 3.8) is 0 Å². The predicted octanol–water partition coefficient (Wildman–Crippen LogP) is 4.63. The second-order valence-corrected chi connectivity index (χ2v) is 5.65. The first kappa shape index (κ1) is 12.8. The first-order valence-corrected chi connectivity index (χ1v) is 6.98. The second kappa shape index (κ2) is 5.06. The molecule has 0 fully saturated rings. The molecule has 2 nitrogen and oxygen atoms in total. The van der Waals surface area contributed by atoms with Crippen molar-refractivity contribution < 1.29 is 9.50 Å². The van der Waals surface area contributed by atoms with Crippen molar-refractivity contribution >= 4 is 11.3 Å². The van der Waals surface area contributed by atoms with Crippen LogP contribution < -0.4 is 0 Å². The van der Waals surface area contributed by atoms with E-state index in [4.69, 9.17) is 0 Å². The lowest BCUT2D eigenvalue weighted by molar-refractivity contribution is 0.475. The zero-order chi connectivity index (χ0) is 14.1. The molecule has 0 amide bonds. The highest BCUT2D eigenvalue weighted by Gasteiger charge is 2.14. The number of phenolic OH excluding ortho intramolecular Hbond substituents is 1. The Labute approximate surface area is 120 Å². The fraction of sp³-hybridized carbons (Fsp3) is 0.0625. The molecular formula is C16H12FNOS. The molecule has 0 spiro atoms. The van der Waals surface area contributed by atoms with Gasteiger partial charge in [0.2, 0.25) is 0 Å². The normalized spacial score (nSPS) is 10.7. The smallest absolute Gasteiger partial charge is 0.132 e. The number of nitrogens with zero attached hydrogens (tertiary/aromatic N) is 1. The van der Waals surface area contributed by atoms with E-state index in [1.54, 1.807) is 42.5 Å². The van der Waals surface area contributed by atoms with Gasteiger partial charge in [0, 0.05) is 16.0 Å². The molecule has 3 aromatic rings. The highest BCUT2D eigenvalue weighted by Crippen LogP contribution is 2.34. The minimum absolute atomic E-state index is 0.219. The molecule has 1 aromatic heterocycles. The highest BCUT2D eigenvalue weighted by molar-refractivity contribution is 7.15. The number of aryl methyl sites for hydroxylation is 1. The number of hydrogen-bond donors (Lipinski definition) is 1. The van der Waals surface area contributed by atoms with Gasteiger partial charge in [-0.3, -0.25) is 0 Å². The van der Waals surface area contributed by atoms with E-state index in [0.29, 0.717) is 11.3 Å². The van der Waals surface area contributed by atoms with E-state index in [1.807, 2.05) is 6.92 Å². The fourth-order valence-electron chi connectivity index (χ4n) is 2.03. The number of rotatable bonds is 2. The molecule has 0 aliphatic heterocycles. The number of thiazole rings is 1. The van der Waals surface area contributed by atoms with Gasteiger partial charge in [-0.15, -0.1) is 11.3 Å². The molecular weight excluding hydrogens is 273 g/mol. The molecule has 2 aromatic carbocycles. The van der Waals surface area contributed by atoms with Crippen molar-refractivity contribution in [3.8, 4) is 27.6 Å². The van der Waals surface area contributed by atoms with Crippen molar-refractivity contribution in [1.29, 1.82) is 0 Å². The average Bonchev–Trinajstić information content (AvgIpc) is 2.82. The van der Waals surface area contributed by atoms with E-state index >= 15 is 0 Å². The summed E-state index contributed by atoms with van der Waals surface area (Å²) >= 11 is 1.52. The maximum Gasteiger partial charge on any atom is 0.132 e. The first-order chi connectivity index (χ1) is 9.65. The minimum Gasteiger partial charge on any atom is -0.508 e. The molecule has 0 saturated heterocycles. The van der Waals surface area contributed by atoms with Crippen LogP contribution >= 0.6 is 11.3 Å². The molecule has 4 heteroatoms.